The van der Waals surface area contributed by atoms with Crippen LogP contribution in [-0.4, -0.2) is 33.7 Å². The van der Waals surface area contributed by atoms with Crippen LogP contribution in [-0.2, 0) is 9.59 Å². The van der Waals surface area contributed by atoms with E-state index in [4.69, 9.17) is 5.11 Å². The molecule has 0 heterocycles. The first-order chi connectivity index (χ1) is 6.85. The van der Waals surface area contributed by atoms with Crippen LogP contribution in [0.2, 0.25) is 0 Å². The summed E-state index contributed by atoms with van der Waals surface area (Å²) in [5, 5.41) is 21.0. The Morgan fingerprint density at radius 2 is 1.93 bits per heavy atom. The Hall–Kier alpha value is -1.10. The lowest BCUT2D eigenvalue weighted by molar-refractivity contribution is -0.149. The van der Waals surface area contributed by atoms with Crippen LogP contribution in [0.4, 0.5) is 0 Å². The van der Waals surface area contributed by atoms with Crippen molar-refractivity contribution in [3.63, 3.8) is 0 Å². The van der Waals surface area contributed by atoms with Gasteiger partial charge in [0.05, 0.1) is 5.60 Å². The van der Waals surface area contributed by atoms with Crippen molar-refractivity contribution in [3.8, 4) is 0 Å². The molecule has 88 valence electrons. The highest BCUT2D eigenvalue weighted by atomic mass is 16.4. The van der Waals surface area contributed by atoms with Crippen molar-refractivity contribution in [1.82, 2.24) is 5.32 Å². The molecule has 1 amide bonds. The van der Waals surface area contributed by atoms with Gasteiger partial charge in [-0.1, -0.05) is 13.8 Å². The first-order valence-corrected chi connectivity index (χ1v) is 5.09. The molecule has 0 saturated heterocycles. The van der Waals surface area contributed by atoms with Crippen LogP contribution >= 0.6 is 0 Å². The number of carboxylic acid groups (broad SMARTS) is 1. The molecule has 5 nitrogen and oxygen atoms in total. The molecule has 2 atom stereocenters. The van der Waals surface area contributed by atoms with Crippen molar-refractivity contribution < 1.29 is 19.8 Å². The molecule has 0 aliphatic rings. The van der Waals surface area contributed by atoms with Crippen LogP contribution in [0, 0.1) is 0 Å². The van der Waals surface area contributed by atoms with Crippen LogP contribution < -0.4 is 5.32 Å². The summed E-state index contributed by atoms with van der Waals surface area (Å²) < 4.78 is 0. The van der Waals surface area contributed by atoms with Gasteiger partial charge in [-0.25, -0.2) is 4.79 Å². The lowest BCUT2D eigenvalue weighted by Crippen LogP contribution is -2.55. The maximum absolute atomic E-state index is 11.2. The topological polar surface area (TPSA) is 86.6 Å². The molecule has 5 heteroatoms. The van der Waals surface area contributed by atoms with Crippen molar-refractivity contribution >= 4 is 11.9 Å². The van der Waals surface area contributed by atoms with E-state index in [0.717, 1.165) is 0 Å². The number of rotatable bonds is 6. The quantitative estimate of drug-likeness (QED) is 0.605. The highest BCUT2D eigenvalue weighted by molar-refractivity contribution is 5.84. The second kappa shape index (κ2) is 5.70. The lowest BCUT2D eigenvalue weighted by atomic mass is 9.93. The maximum Gasteiger partial charge on any atom is 0.329 e. The van der Waals surface area contributed by atoms with Crippen molar-refractivity contribution in [2.24, 2.45) is 0 Å². The fourth-order valence-corrected chi connectivity index (χ4v) is 1.15. The molecule has 0 saturated carbocycles. The minimum atomic E-state index is -1.42. The summed E-state index contributed by atoms with van der Waals surface area (Å²) in [5.74, 6) is -1.56. The molecule has 0 spiro atoms. The Balaban J connectivity index is 4.55. The number of carboxylic acids is 1. The van der Waals surface area contributed by atoms with E-state index in [-0.39, 0.29) is 18.7 Å². The van der Waals surface area contributed by atoms with Gasteiger partial charge in [0.25, 0.3) is 0 Å². The summed E-state index contributed by atoms with van der Waals surface area (Å²) in [4.78, 5) is 22.1. The van der Waals surface area contributed by atoms with Gasteiger partial charge in [0, 0.05) is 6.42 Å². The monoisotopic (exact) mass is 217 g/mol. The molecule has 0 fully saturated rings. The first-order valence-electron chi connectivity index (χ1n) is 5.09. The SMILES string of the molecule is CCCC(=O)N[C@H](C(=O)O)[C@](C)(O)CC. The zero-order chi connectivity index (χ0) is 12.1. The maximum atomic E-state index is 11.2. The highest BCUT2D eigenvalue weighted by Gasteiger charge is 2.36. The first kappa shape index (κ1) is 13.9. The third-order valence-corrected chi connectivity index (χ3v) is 2.37. The highest BCUT2D eigenvalue weighted by Crippen LogP contribution is 2.14. The molecule has 15 heavy (non-hydrogen) atoms. The number of carbonyl (C=O) groups excluding carboxylic acids is 1. The standard InChI is InChI=1S/C10H19NO4/c1-4-6-7(12)11-8(9(13)14)10(3,15)5-2/h8,15H,4-6H2,1-3H3,(H,11,12)(H,13,14)/t8-,10-/m1/s1. The van der Waals surface area contributed by atoms with E-state index in [1.807, 2.05) is 6.92 Å². The van der Waals surface area contributed by atoms with Gasteiger partial charge in [-0.3, -0.25) is 4.79 Å². The summed E-state index contributed by atoms with van der Waals surface area (Å²) in [6, 6.07) is -1.25. The molecule has 0 aromatic carbocycles. The number of aliphatic carboxylic acids is 1. The van der Waals surface area contributed by atoms with E-state index in [2.05, 4.69) is 5.32 Å². The molecule has 0 aliphatic carbocycles. The van der Waals surface area contributed by atoms with Gasteiger partial charge < -0.3 is 15.5 Å². The average molecular weight is 217 g/mol. The van der Waals surface area contributed by atoms with E-state index in [0.29, 0.717) is 6.42 Å². The average Bonchev–Trinajstić information content (AvgIpc) is 2.14. The van der Waals surface area contributed by atoms with Crippen molar-refractivity contribution in [2.45, 2.75) is 51.7 Å². The van der Waals surface area contributed by atoms with Gasteiger partial charge in [-0.15, -0.1) is 0 Å². The summed E-state index contributed by atoms with van der Waals surface area (Å²) in [5.41, 5.74) is -1.42. The number of nitrogens with one attached hydrogen (secondary N) is 1. The fourth-order valence-electron chi connectivity index (χ4n) is 1.15. The minimum absolute atomic E-state index is 0.260. The van der Waals surface area contributed by atoms with Crippen molar-refractivity contribution in [1.29, 1.82) is 0 Å². The third kappa shape index (κ3) is 4.29. The summed E-state index contributed by atoms with van der Waals surface area (Å²) in [6.07, 6.45) is 1.17. The zero-order valence-electron chi connectivity index (χ0n) is 9.41. The molecule has 3 N–H and O–H groups in total. The van der Waals surface area contributed by atoms with Crippen LogP contribution in [0.15, 0.2) is 0 Å². The van der Waals surface area contributed by atoms with Gasteiger partial charge >= 0.3 is 5.97 Å². The van der Waals surface area contributed by atoms with Crippen LogP contribution in [0.1, 0.15) is 40.0 Å². The van der Waals surface area contributed by atoms with Gasteiger partial charge in [0.1, 0.15) is 0 Å². The van der Waals surface area contributed by atoms with Crippen LogP contribution in [0.5, 0.6) is 0 Å². The normalized spacial score (nSPS) is 16.5. The van der Waals surface area contributed by atoms with Crippen LogP contribution in [0.25, 0.3) is 0 Å². The zero-order valence-corrected chi connectivity index (χ0v) is 9.41. The molecule has 0 radical (unpaired) electrons. The number of amides is 1. The van der Waals surface area contributed by atoms with Gasteiger partial charge in [-0.05, 0) is 19.8 Å². The smallest absolute Gasteiger partial charge is 0.329 e. The Morgan fingerprint density at radius 1 is 1.40 bits per heavy atom. The second-order valence-electron chi connectivity index (χ2n) is 3.80. The Kier molecular flexibility index (Phi) is 5.28. The second-order valence-corrected chi connectivity index (χ2v) is 3.80. The molecular formula is C10H19NO4. The number of aliphatic hydroxyl groups is 1. The molecule has 0 bridgehead atoms. The number of hydrogen-bond donors (Lipinski definition) is 3. The van der Waals surface area contributed by atoms with Gasteiger partial charge in [-0.2, -0.15) is 0 Å². The molecule has 0 aromatic rings. The van der Waals surface area contributed by atoms with Gasteiger partial charge in [0.15, 0.2) is 6.04 Å². The number of carbonyl (C=O) groups is 2. The van der Waals surface area contributed by atoms with Crippen LogP contribution in [0.3, 0.4) is 0 Å². The predicted octanol–water partition coefficient (Wildman–Crippen LogP) is 0.517. The van der Waals surface area contributed by atoms with E-state index in [1.165, 1.54) is 6.92 Å². The fraction of sp³-hybridized carbons (Fsp3) is 0.800. The summed E-state index contributed by atoms with van der Waals surface area (Å²) in [6.45, 7) is 4.90. The molecule has 0 unspecified atom stereocenters. The largest absolute Gasteiger partial charge is 0.480 e. The molecule has 0 rings (SSSR count). The number of hydrogen-bond acceptors (Lipinski definition) is 3. The van der Waals surface area contributed by atoms with E-state index < -0.39 is 17.6 Å². The van der Waals surface area contributed by atoms with E-state index in [9.17, 15) is 14.7 Å². The van der Waals surface area contributed by atoms with Crippen molar-refractivity contribution in [3.05, 3.63) is 0 Å². The predicted molar refractivity (Wildman–Crippen MR) is 55.4 cm³/mol. The summed E-state index contributed by atoms with van der Waals surface area (Å²) >= 11 is 0. The van der Waals surface area contributed by atoms with Gasteiger partial charge in [0.2, 0.25) is 5.91 Å². The molecule has 0 aliphatic heterocycles. The third-order valence-electron chi connectivity index (χ3n) is 2.37. The van der Waals surface area contributed by atoms with E-state index in [1.54, 1.807) is 6.92 Å². The lowest BCUT2D eigenvalue weighted by Gasteiger charge is -2.29. The molecular weight excluding hydrogens is 198 g/mol. The minimum Gasteiger partial charge on any atom is -0.480 e. The summed E-state index contributed by atoms with van der Waals surface area (Å²) in [7, 11) is 0. The Morgan fingerprint density at radius 3 is 2.27 bits per heavy atom. The Bertz CT molecular complexity index is 238. The Labute approximate surface area is 89.5 Å². The van der Waals surface area contributed by atoms with E-state index >= 15 is 0 Å². The molecule has 0 aromatic heterocycles. The van der Waals surface area contributed by atoms with Crippen molar-refractivity contribution in [2.75, 3.05) is 0 Å².